The molecule has 1 heterocycles. The first-order chi connectivity index (χ1) is 17.4. The van der Waals surface area contributed by atoms with Crippen LogP contribution >= 0.6 is 47.2 Å². The summed E-state index contributed by atoms with van der Waals surface area (Å²) in [5.74, 6) is 1.15. The topological polar surface area (TPSA) is 38.8 Å². The van der Waals surface area contributed by atoms with E-state index in [0.717, 1.165) is 21.9 Å². The van der Waals surface area contributed by atoms with Crippen LogP contribution in [0.15, 0.2) is 83.8 Å². The Hall–Kier alpha value is -3.03. The van der Waals surface area contributed by atoms with Crippen LogP contribution in [0.2, 0.25) is 10.0 Å². The predicted octanol–water partition coefficient (Wildman–Crippen LogP) is 8.14. The SMILES string of the molecule is COc1ccc(N2C(=O)/C(=C/c3c(OCc4ccc(Cl)cc4Cl)ccc4ccccc34)SC2=S)cc1. The molecular weight excluding hydrogens is 533 g/mol. The molecule has 1 aliphatic heterocycles. The molecule has 8 heteroatoms. The summed E-state index contributed by atoms with van der Waals surface area (Å²) < 4.78 is 11.9. The van der Waals surface area contributed by atoms with E-state index in [2.05, 4.69) is 0 Å². The summed E-state index contributed by atoms with van der Waals surface area (Å²) in [6.07, 6.45) is 1.85. The van der Waals surface area contributed by atoms with Crippen LogP contribution in [-0.4, -0.2) is 17.3 Å². The van der Waals surface area contributed by atoms with Crippen LogP contribution in [0.5, 0.6) is 11.5 Å². The molecule has 0 spiro atoms. The fourth-order valence-electron chi connectivity index (χ4n) is 3.90. The number of thiocarbonyl (C=S) groups is 1. The molecule has 4 nitrogen and oxygen atoms in total. The normalized spacial score (nSPS) is 14.6. The molecule has 1 fully saturated rings. The lowest BCUT2D eigenvalue weighted by Gasteiger charge is -2.15. The fourth-order valence-corrected chi connectivity index (χ4v) is 5.64. The minimum Gasteiger partial charge on any atom is -0.497 e. The fraction of sp³-hybridized carbons (Fsp3) is 0.0714. The van der Waals surface area contributed by atoms with Crippen LogP contribution in [0.1, 0.15) is 11.1 Å². The Morgan fingerprint density at radius 1 is 1.00 bits per heavy atom. The molecule has 1 saturated heterocycles. The number of thioether (sulfide) groups is 1. The van der Waals surface area contributed by atoms with Gasteiger partial charge in [-0.15, -0.1) is 0 Å². The van der Waals surface area contributed by atoms with Gasteiger partial charge in [0.05, 0.1) is 17.7 Å². The molecule has 36 heavy (non-hydrogen) atoms. The molecule has 1 aliphatic rings. The molecule has 1 amide bonds. The Bertz CT molecular complexity index is 1520. The highest BCUT2D eigenvalue weighted by Crippen LogP contribution is 2.39. The minimum absolute atomic E-state index is 0.185. The number of fused-ring (bicyclic) bond motifs is 1. The highest BCUT2D eigenvalue weighted by Gasteiger charge is 2.33. The lowest BCUT2D eigenvalue weighted by Crippen LogP contribution is -2.27. The number of anilines is 1. The molecule has 0 aliphatic carbocycles. The van der Waals surface area contributed by atoms with Gasteiger partial charge in [0.2, 0.25) is 0 Å². The Labute approximate surface area is 228 Å². The van der Waals surface area contributed by atoms with Gasteiger partial charge in [0, 0.05) is 21.2 Å². The maximum absolute atomic E-state index is 13.4. The van der Waals surface area contributed by atoms with Crippen molar-refractivity contribution in [2.24, 2.45) is 0 Å². The van der Waals surface area contributed by atoms with E-state index in [1.807, 2.05) is 60.7 Å². The molecule has 0 saturated carbocycles. The van der Waals surface area contributed by atoms with Gasteiger partial charge in [0.15, 0.2) is 4.32 Å². The summed E-state index contributed by atoms with van der Waals surface area (Å²) in [4.78, 5) is 15.5. The number of nitrogens with zero attached hydrogens (tertiary/aromatic N) is 1. The van der Waals surface area contributed by atoms with Gasteiger partial charge < -0.3 is 9.47 Å². The summed E-state index contributed by atoms with van der Waals surface area (Å²) in [6.45, 7) is 0.252. The number of benzene rings is 4. The van der Waals surface area contributed by atoms with E-state index in [-0.39, 0.29) is 12.5 Å². The third-order valence-electron chi connectivity index (χ3n) is 5.73. The van der Waals surface area contributed by atoms with Gasteiger partial charge in [-0.1, -0.05) is 83.6 Å². The van der Waals surface area contributed by atoms with Crippen molar-refractivity contribution in [3.05, 3.63) is 105 Å². The van der Waals surface area contributed by atoms with Gasteiger partial charge in [-0.2, -0.15) is 0 Å². The maximum atomic E-state index is 13.4. The van der Waals surface area contributed by atoms with Gasteiger partial charge in [0.1, 0.15) is 18.1 Å². The number of ether oxygens (including phenoxy) is 2. The Morgan fingerprint density at radius 2 is 1.78 bits per heavy atom. The van der Waals surface area contributed by atoms with E-state index < -0.39 is 0 Å². The second kappa shape index (κ2) is 10.5. The largest absolute Gasteiger partial charge is 0.497 e. The van der Waals surface area contributed by atoms with Gasteiger partial charge in [0.25, 0.3) is 5.91 Å². The van der Waals surface area contributed by atoms with Crippen LogP contribution in [0, 0.1) is 0 Å². The van der Waals surface area contributed by atoms with E-state index in [0.29, 0.717) is 36.5 Å². The van der Waals surface area contributed by atoms with Gasteiger partial charge in [-0.3, -0.25) is 9.69 Å². The van der Waals surface area contributed by atoms with Crippen molar-refractivity contribution in [3.8, 4) is 11.5 Å². The zero-order chi connectivity index (χ0) is 25.2. The molecule has 0 N–H and O–H groups in total. The number of carbonyl (C=O) groups is 1. The molecule has 4 aromatic rings. The number of amides is 1. The second-order valence-electron chi connectivity index (χ2n) is 7.94. The number of halogens is 2. The minimum atomic E-state index is -0.185. The number of hydrogen-bond donors (Lipinski definition) is 0. The summed E-state index contributed by atoms with van der Waals surface area (Å²) in [5, 5.41) is 3.09. The van der Waals surface area contributed by atoms with Crippen LogP contribution in [0.25, 0.3) is 16.8 Å². The molecule has 5 rings (SSSR count). The average molecular weight is 553 g/mol. The van der Waals surface area contributed by atoms with Crippen LogP contribution < -0.4 is 14.4 Å². The molecule has 180 valence electrons. The molecule has 0 unspecified atom stereocenters. The molecule has 0 aromatic heterocycles. The summed E-state index contributed by atoms with van der Waals surface area (Å²) >= 11 is 19.2. The summed E-state index contributed by atoms with van der Waals surface area (Å²) in [5.41, 5.74) is 2.30. The quantitative estimate of drug-likeness (QED) is 0.178. The number of rotatable bonds is 6. The first-order valence-corrected chi connectivity index (χ1v) is 12.9. The number of methoxy groups -OCH3 is 1. The molecule has 0 radical (unpaired) electrons. The van der Waals surface area contributed by atoms with Crippen LogP contribution in [0.3, 0.4) is 0 Å². The summed E-state index contributed by atoms with van der Waals surface area (Å²) in [7, 11) is 1.60. The van der Waals surface area contributed by atoms with Crippen molar-refractivity contribution in [3.63, 3.8) is 0 Å². The van der Waals surface area contributed by atoms with Crippen molar-refractivity contribution in [2.75, 3.05) is 12.0 Å². The summed E-state index contributed by atoms with van der Waals surface area (Å²) in [6, 6.07) is 24.4. The van der Waals surface area contributed by atoms with Crippen LogP contribution in [0.4, 0.5) is 5.69 Å². The van der Waals surface area contributed by atoms with E-state index in [9.17, 15) is 4.79 Å². The highest BCUT2D eigenvalue weighted by atomic mass is 35.5. The second-order valence-corrected chi connectivity index (χ2v) is 10.5. The van der Waals surface area contributed by atoms with Crippen molar-refractivity contribution >= 4 is 79.9 Å². The maximum Gasteiger partial charge on any atom is 0.270 e. The van der Waals surface area contributed by atoms with E-state index in [1.165, 1.54) is 16.7 Å². The zero-order valence-corrected chi connectivity index (χ0v) is 22.2. The molecular formula is C28H19Cl2NO3S2. The molecule has 0 bridgehead atoms. The molecule has 0 atom stereocenters. The third kappa shape index (κ3) is 4.95. The van der Waals surface area contributed by atoms with Gasteiger partial charge in [-0.25, -0.2) is 0 Å². The predicted molar refractivity (Wildman–Crippen MR) is 153 cm³/mol. The van der Waals surface area contributed by atoms with E-state index in [4.69, 9.17) is 44.9 Å². The van der Waals surface area contributed by atoms with Gasteiger partial charge in [-0.05, 0) is 59.3 Å². The average Bonchev–Trinajstić information content (AvgIpc) is 3.16. The Morgan fingerprint density at radius 3 is 2.53 bits per heavy atom. The number of hydrogen-bond acceptors (Lipinski definition) is 5. The molecule has 4 aromatic carbocycles. The van der Waals surface area contributed by atoms with E-state index in [1.54, 1.807) is 31.4 Å². The highest BCUT2D eigenvalue weighted by molar-refractivity contribution is 8.27. The third-order valence-corrected chi connectivity index (χ3v) is 7.62. The lowest BCUT2D eigenvalue weighted by atomic mass is 10.0. The van der Waals surface area contributed by atoms with Gasteiger partial charge >= 0.3 is 0 Å². The Balaban J connectivity index is 1.51. The number of carbonyl (C=O) groups excluding carboxylic acids is 1. The van der Waals surface area contributed by atoms with Crippen molar-refractivity contribution in [1.82, 2.24) is 0 Å². The van der Waals surface area contributed by atoms with Crippen molar-refractivity contribution < 1.29 is 14.3 Å². The zero-order valence-electron chi connectivity index (χ0n) is 19.0. The van der Waals surface area contributed by atoms with Crippen molar-refractivity contribution in [2.45, 2.75) is 6.61 Å². The standard InChI is InChI=1S/C28H19Cl2NO3S2/c1-33-21-11-9-20(10-12-21)31-27(32)26(36-28(31)35)15-23-22-5-3-2-4-17(22)7-13-25(23)34-16-18-6-8-19(29)14-24(18)30/h2-15H,16H2,1H3/b26-15-. The first-order valence-electron chi connectivity index (χ1n) is 10.9. The first kappa shape index (κ1) is 24.7. The smallest absolute Gasteiger partial charge is 0.270 e. The monoisotopic (exact) mass is 551 g/mol. The van der Waals surface area contributed by atoms with Crippen LogP contribution in [-0.2, 0) is 11.4 Å². The Kier molecular flexibility index (Phi) is 7.21. The van der Waals surface area contributed by atoms with E-state index >= 15 is 0 Å². The lowest BCUT2D eigenvalue weighted by molar-refractivity contribution is -0.113. The van der Waals surface area contributed by atoms with Crippen molar-refractivity contribution in [1.29, 1.82) is 0 Å².